The van der Waals surface area contributed by atoms with Gasteiger partial charge < -0.3 is 19.3 Å². The van der Waals surface area contributed by atoms with Crippen molar-refractivity contribution >= 4 is 5.97 Å². The molecule has 1 aromatic carbocycles. The number of carbonyl (C=O) groups is 1. The van der Waals surface area contributed by atoms with Gasteiger partial charge in [0.15, 0.2) is 17.6 Å². The van der Waals surface area contributed by atoms with Gasteiger partial charge in [0.05, 0.1) is 7.11 Å². The second kappa shape index (κ2) is 4.63. The van der Waals surface area contributed by atoms with Gasteiger partial charge in [-0.2, -0.15) is 0 Å². The first-order chi connectivity index (χ1) is 8.15. The summed E-state index contributed by atoms with van der Waals surface area (Å²) in [4.78, 5) is 11.3. The molecule has 0 radical (unpaired) electrons. The number of aliphatic hydroxyl groups excluding tert-OH is 1. The lowest BCUT2D eigenvalue weighted by atomic mass is 10.0. The Balaban J connectivity index is 2.44. The summed E-state index contributed by atoms with van der Waals surface area (Å²) >= 11 is 0. The molecular formula is C12H14O5. The quantitative estimate of drug-likeness (QED) is 0.778. The Bertz CT molecular complexity index is 441. The number of carbonyl (C=O) groups excluding carboxylic acids is 1. The molecule has 0 fully saturated rings. The Hall–Kier alpha value is -1.75. The fourth-order valence-electron chi connectivity index (χ4n) is 1.75. The van der Waals surface area contributed by atoms with Gasteiger partial charge in [-0.15, -0.1) is 0 Å². The van der Waals surface area contributed by atoms with Gasteiger partial charge in [0.2, 0.25) is 0 Å². The molecule has 17 heavy (non-hydrogen) atoms. The standard InChI is InChI=1S/C12H14O5/c1-7-3-4-8(9(13)12(14)15-2)11-10(7)16-5-6-17-11/h3-4,9,13H,5-6H2,1-2H3. The molecule has 2 rings (SSSR count). The summed E-state index contributed by atoms with van der Waals surface area (Å²) in [6.45, 7) is 2.74. The van der Waals surface area contributed by atoms with E-state index in [0.29, 0.717) is 30.3 Å². The lowest BCUT2D eigenvalue weighted by Crippen LogP contribution is -2.20. The Morgan fingerprint density at radius 1 is 1.35 bits per heavy atom. The fourth-order valence-corrected chi connectivity index (χ4v) is 1.75. The maximum Gasteiger partial charge on any atom is 0.339 e. The van der Waals surface area contributed by atoms with Crippen LogP contribution in [0.4, 0.5) is 0 Å². The van der Waals surface area contributed by atoms with Crippen LogP contribution in [0.2, 0.25) is 0 Å². The maximum absolute atomic E-state index is 11.3. The van der Waals surface area contributed by atoms with Crippen molar-refractivity contribution in [1.29, 1.82) is 0 Å². The van der Waals surface area contributed by atoms with Gasteiger partial charge in [-0.25, -0.2) is 4.79 Å². The van der Waals surface area contributed by atoms with Gasteiger partial charge in [-0.05, 0) is 12.5 Å². The average Bonchev–Trinajstić information content (AvgIpc) is 2.38. The van der Waals surface area contributed by atoms with Crippen LogP contribution in [0, 0.1) is 6.92 Å². The molecule has 1 aromatic rings. The molecule has 1 heterocycles. The van der Waals surface area contributed by atoms with Crippen LogP contribution in [0.1, 0.15) is 17.2 Å². The Morgan fingerprint density at radius 2 is 2.00 bits per heavy atom. The Morgan fingerprint density at radius 3 is 2.65 bits per heavy atom. The first-order valence-electron chi connectivity index (χ1n) is 5.30. The van der Waals surface area contributed by atoms with Crippen LogP contribution in [0.3, 0.4) is 0 Å². The first-order valence-corrected chi connectivity index (χ1v) is 5.30. The molecule has 0 aliphatic carbocycles. The van der Waals surface area contributed by atoms with Gasteiger partial charge in [-0.3, -0.25) is 0 Å². The highest BCUT2D eigenvalue weighted by Crippen LogP contribution is 2.39. The minimum atomic E-state index is -1.35. The van der Waals surface area contributed by atoms with Gasteiger partial charge in [0.25, 0.3) is 0 Å². The number of hydrogen-bond donors (Lipinski definition) is 1. The maximum atomic E-state index is 11.3. The molecule has 5 heteroatoms. The SMILES string of the molecule is COC(=O)C(O)c1ccc(C)c2c1OCCO2. The highest BCUT2D eigenvalue weighted by molar-refractivity contribution is 5.78. The third-order valence-electron chi connectivity index (χ3n) is 2.63. The second-order valence-corrected chi connectivity index (χ2v) is 3.75. The molecule has 1 N–H and O–H groups in total. The number of aryl methyl sites for hydroxylation is 1. The lowest BCUT2D eigenvalue weighted by Gasteiger charge is -2.23. The lowest BCUT2D eigenvalue weighted by molar-refractivity contribution is -0.150. The third kappa shape index (κ3) is 2.06. The van der Waals surface area contributed by atoms with Crippen LogP contribution in [0.15, 0.2) is 12.1 Å². The predicted molar refractivity (Wildman–Crippen MR) is 59.1 cm³/mol. The molecule has 1 unspecified atom stereocenters. The van der Waals surface area contributed by atoms with Crippen molar-refractivity contribution in [2.45, 2.75) is 13.0 Å². The number of aliphatic hydroxyl groups is 1. The van der Waals surface area contributed by atoms with Gasteiger partial charge >= 0.3 is 5.97 Å². The highest BCUT2D eigenvalue weighted by Gasteiger charge is 2.27. The molecule has 0 bridgehead atoms. The van der Waals surface area contributed by atoms with Crippen molar-refractivity contribution in [1.82, 2.24) is 0 Å². The van der Waals surface area contributed by atoms with E-state index in [9.17, 15) is 9.90 Å². The van der Waals surface area contributed by atoms with Crippen LogP contribution in [-0.4, -0.2) is 31.4 Å². The molecule has 0 amide bonds. The summed E-state index contributed by atoms with van der Waals surface area (Å²) < 4.78 is 15.4. The van der Waals surface area contributed by atoms with E-state index in [-0.39, 0.29) is 0 Å². The van der Waals surface area contributed by atoms with Gasteiger partial charge in [0, 0.05) is 5.56 Å². The van der Waals surface area contributed by atoms with E-state index in [2.05, 4.69) is 4.74 Å². The molecule has 92 valence electrons. The van der Waals surface area contributed by atoms with Crippen LogP contribution in [0.5, 0.6) is 11.5 Å². The zero-order chi connectivity index (χ0) is 12.4. The summed E-state index contributed by atoms with van der Waals surface area (Å²) in [5.74, 6) is 0.288. The topological polar surface area (TPSA) is 65.0 Å². The van der Waals surface area contributed by atoms with Crippen molar-refractivity contribution in [3.05, 3.63) is 23.3 Å². The fraction of sp³-hybridized carbons (Fsp3) is 0.417. The van der Waals surface area contributed by atoms with Crippen LogP contribution < -0.4 is 9.47 Å². The summed E-state index contributed by atoms with van der Waals surface area (Å²) in [5, 5.41) is 9.83. The minimum absolute atomic E-state index is 0.372. The number of esters is 1. The number of ether oxygens (including phenoxy) is 3. The summed E-state index contributed by atoms with van der Waals surface area (Å²) in [6, 6.07) is 3.42. The largest absolute Gasteiger partial charge is 0.486 e. The van der Waals surface area contributed by atoms with E-state index in [1.165, 1.54) is 7.11 Å². The van der Waals surface area contributed by atoms with Crippen molar-refractivity contribution < 1.29 is 24.1 Å². The molecular weight excluding hydrogens is 224 g/mol. The smallest absolute Gasteiger partial charge is 0.339 e. The van der Waals surface area contributed by atoms with E-state index in [1.54, 1.807) is 12.1 Å². The van der Waals surface area contributed by atoms with E-state index < -0.39 is 12.1 Å². The molecule has 0 spiro atoms. The number of rotatable bonds is 2. The van der Waals surface area contributed by atoms with E-state index in [1.807, 2.05) is 6.92 Å². The van der Waals surface area contributed by atoms with E-state index >= 15 is 0 Å². The summed E-state index contributed by atoms with van der Waals surface area (Å²) in [7, 11) is 1.23. The number of methoxy groups -OCH3 is 1. The van der Waals surface area contributed by atoms with Gasteiger partial charge in [-0.1, -0.05) is 12.1 Å². The molecule has 1 atom stereocenters. The predicted octanol–water partition coefficient (Wildman–Crippen LogP) is 0.973. The normalized spacial score (nSPS) is 15.2. The number of fused-ring (bicyclic) bond motifs is 1. The van der Waals surface area contributed by atoms with E-state index in [0.717, 1.165) is 5.56 Å². The van der Waals surface area contributed by atoms with Crippen molar-refractivity contribution in [2.75, 3.05) is 20.3 Å². The van der Waals surface area contributed by atoms with Crippen LogP contribution in [-0.2, 0) is 9.53 Å². The molecule has 1 aliphatic rings. The van der Waals surface area contributed by atoms with Crippen LogP contribution in [0.25, 0.3) is 0 Å². The minimum Gasteiger partial charge on any atom is -0.486 e. The molecule has 0 aromatic heterocycles. The van der Waals surface area contributed by atoms with Crippen LogP contribution >= 0.6 is 0 Å². The van der Waals surface area contributed by atoms with E-state index in [4.69, 9.17) is 9.47 Å². The third-order valence-corrected chi connectivity index (χ3v) is 2.63. The first kappa shape index (κ1) is 11.7. The molecule has 5 nitrogen and oxygen atoms in total. The van der Waals surface area contributed by atoms with Crippen molar-refractivity contribution in [3.8, 4) is 11.5 Å². The zero-order valence-corrected chi connectivity index (χ0v) is 9.73. The monoisotopic (exact) mass is 238 g/mol. The molecule has 0 saturated heterocycles. The molecule has 1 aliphatic heterocycles. The zero-order valence-electron chi connectivity index (χ0n) is 9.73. The van der Waals surface area contributed by atoms with Gasteiger partial charge in [0.1, 0.15) is 13.2 Å². The molecule has 0 saturated carbocycles. The highest BCUT2D eigenvalue weighted by atomic mass is 16.6. The van der Waals surface area contributed by atoms with Crippen molar-refractivity contribution in [2.24, 2.45) is 0 Å². The summed E-state index contributed by atoms with van der Waals surface area (Å²) in [5.41, 5.74) is 1.28. The Kier molecular flexibility index (Phi) is 3.19. The number of hydrogen-bond acceptors (Lipinski definition) is 5. The van der Waals surface area contributed by atoms with Crippen molar-refractivity contribution in [3.63, 3.8) is 0 Å². The number of benzene rings is 1. The average molecular weight is 238 g/mol. The Labute approximate surface area is 98.9 Å². The second-order valence-electron chi connectivity index (χ2n) is 3.75. The summed E-state index contributed by atoms with van der Waals surface area (Å²) in [6.07, 6.45) is -1.35.